The molecule has 1 aromatic carbocycles. The summed E-state index contributed by atoms with van der Waals surface area (Å²) in [5, 5.41) is 6.22. The molecule has 0 spiro atoms. The molecular formula is C22H20N4OS2. The van der Waals surface area contributed by atoms with Gasteiger partial charge in [-0.25, -0.2) is 9.97 Å². The van der Waals surface area contributed by atoms with Gasteiger partial charge in [-0.15, -0.1) is 22.7 Å². The number of hydrogen-bond donors (Lipinski definition) is 2. The standard InChI is InChI=1S/C22H20N4OS2/c1-12-11-28-22(24-12)26-20(27)19-18(23)16-10-15-9-14(13-5-3-2-4-6-13)7-8-17(15)25-21(16)29-19/h2-6,10-11,14H,7-9,23H2,1H3,(H,24,26,27). The zero-order valence-corrected chi connectivity index (χ0v) is 17.6. The van der Waals surface area contributed by atoms with Gasteiger partial charge in [0.15, 0.2) is 5.13 Å². The number of carbonyl (C=O) groups excluding carboxylic acids is 1. The Morgan fingerprint density at radius 1 is 1.24 bits per heavy atom. The summed E-state index contributed by atoms with van der Waals surface area (Å²) in [5.41, 5.74) is 11.5. The van der Waals surface area contributed by atoms with Crippen LogP contribution in [0.5, 0.6) is 0 Å². The molecule has 0 fully saturated rings. The highest BCUT2D eigenvalue weighted by molar-refractivity contribution is 7.21. The van der Waals surface area contributed by atoms with E-state index in [0.717, 1.165) is 40.9 Å². The maximum absolute atomic E-state index is 12.7. The molecule has 0 saturated carbocycles. The van der Waals surface area contributed by atoms with Crippen LogP contribution < -0.4 is 11.1 Å². The quantitative estimate of drug-likeness (QED) is 0.479. The maximum Gasteiger partial charge on any atom is 0.269 e. The van der Waals surface area contributed by atoms with E-state index in [2.05, 4.69) is 46.7 Å². The highest BCUT2D eigenvalue weighted by Gasteiger charge is 2.24. The third-order valence-corrected chi connectivity index (χ3v) is 7.39. The van der Waals surface area contributed by atoms with Crippen molar-refractivity contribution in [3.8, 4) is 0 Å². The van der Waals surface area contributed by atoms with E-state index in [4.69, 9.17) is 10.7 Å². The molecular weight excluding hydrogens is 400 g/mol. The second-order valence-electron chi connectivity index (χ2n) is 7.39. The number of amides is 1. The van der Waals surface area contributed by atoms with Gasteiger partial charge in [-0.1, -0.05) is 30.3 Å². The molecule has 5 nitrogen and oxygen atoms in total. The number of rotatable bonds is 3. The smallest absolute Gasteiger partial charge is 0.269 e. The molecule has 0 radical (unpaired) electrons. The van der Waals surface area contributed by atoms with E-state index in [1.165, 1.54) is 33.8 Å². The molecule has 1 aliphatic rings. The van der Waals surface area contributed by atoms with Gasteiger partial charge in [0, 0.05) is 16.5 Å². The Balaban J connectivity index is 1.46. The number of carbonyl (C=O) groups is 1. The molecule has 29 heavy (non-hydrogen) atoms. The summed E-state index contributed by atoms with van der Waals surface area (Å²) >= 11 is 2.77. The van der Waals surface area contributed by atoms with E-state index in [0.29, 0.717) is 21.6 Å². The Morgan fingerprint density at radius 3 is 2.83 bits per heavy atom. The fraction of sp³-hybridized carbons (Fsp3) is 0.227. The number of nitrogens with zero attached hydrogens (tertiary/aromatic N) is 2. The van der Waals surface area contributed by atoms with Crippen LogP contribution in [0.3, 0.4) is 0 Å². The van der Waals surface area contributed by atoms with E-state index >= 15 is 0 Å². The van der Waals surface area contributed by atoms with Crippen LogP contribution in [0.2, 0.25) is 0 Å². The molecule has 7 heteroatoms. The van der Waals surface area contributed by atoms with Crippen LogP contribution in [0.1, 0.15) is 44.5 Å². The molecule has 3 N–H and O–H groups in total. The van der Waals surface area contributed by atoms with Crippen molar-refractivity contribution < 1.29 is 4.79 Å². The lowest BCUT2D eigenvalue weighted by Gasteiger charge is -2.24. The topological polar surface area (TPSA) is 80.9 Å². The highest BCUT2D eigenvalue weighted by atomic mass is 32.1. The lowest BCUT2D eigenvalue weighted by atomic mass is 9.82. The minimum absolute atomic E-state index is 0.222. The Labute approximate surface area is 176 Å². The lowest BCUT2D eigenvalue weighted by Crippen LogP contribution is -2.14. The van der Waals surface area contributed by atoms with Crippen molar-refractivity contribution >= 4 is 49.6 Å². The number of anilines is 2. The first-order valence-electron chi connectivity index (χ1n) is 9.57. The summed E-state index contributed by atoms with van der Waals surface area (Å²) in [7, 11) is 0. The van der Waals surface area contributed by atoms with E-state index in [1.54, 1.807) is 0 Å². The van der Waals surface area contributed by atoms with Crippen molar-refractivity contribution in [3.63, 3.8) is 0 Å². The van der Waals surface area contributed by atoms with Gasteiger partial charge in [0.05, 0.1) is 11.4 Å². The molecule has 3 heterocycles. The maximum atomic E-state index is 12.7. The summed E-state index contributed by atoms with van der Waals surface area (Å²) in [6.07, 6.45) is 2.99. The number of nitrogen functional groups attached to an aromatic ring is 1. The number of nitrogens with two attached hydrogens (primary N) is 1. The van der Waals surface area contributed by atoms with E-state index < -0.39 is 0 Å². The molecule has 1 unspecified atom stereocenters. The largest absolute Gasteiger partial charge is 0.397 e. The average Bonchev–Trinajstić information content (AvgIpc) is 3.29. The average molecular weight is 421 g/mol. The molecule has 1 atom stereocenters. The van der Waals surface area contributed by atoms with Crippen LogP contribution in [-0.2, 0) is 12.8 Å². The molecule has 3 aromatic heterocycles. The SMILES string of the molecule is Cc1csc(NC(=O)c2sc3nc4c(cc3c2N)CC(c2ccccc2)CC4)n1. The number of pyridine rings is 1. The van der Waals surface area contributed by atoms with Gasteiger partial charge < -0.3 is 5.73 Å². The van der Waals surface area contributed by atoms with Crippen LogP contribution in [0.4, 0.5) is 10.8 Å². The minimum Gasteiger partial charge on any atom is -0.397 e. The Kier molecular flexibility index (Phi) is 4.56. The number of thiazole rings is 1. The monoisotopic (exact) mass is 420 g/mol. The number of hydrogen-bond acceptors (Lipinski definition) is 6. The summed E-state index contributed by atoms with van der Waals surface area (Å²) in [5.74, 6) is 0.277. The minimum atomic E-state index is -0.222. The summed E-state index contributed by atoms with van der Waals surface area (Å²) in [6.45, 7) is 1.90. The van der Waals surface area contributed by atoms with E-state index in [9.17, 15) is 4.79 Å². The van der Waals surface area contributed by atoms with Gasteiger partial charge in [0.2, 0.25) is 0 Å². The number of benzene rings is 1. The summed E-state index contributed by atoms with van der Waals surface area (Å²) < 4.78 is 0. The normalized spacial score (nSPS) is 16.0. The van der Waals surface area contributed by atoms with Crippen molar-refractivity contribution in [2.45, 2.75) is 32.1 Å². The predicted octanol–water partition coefficient (Wildman–Crippen LogP) is 5.17. The van der Waals surface area contributed by atoms with E-state index in [1.807, 2.05) is 12.3 Å². The highest BCUT2D eigenvalue weighted by Crippen LogP contribution is 2.38. The van der Waals surface area contributed by atoms with Gasteiger partial charge in [0.1, 0.15) is 9.71 Å². The Bertz CT molecular complexity index is 1210. The van der Waals surface area contributed by atoms with Crippen LogP contribution >= 0.6 is 22.7 Å². The first-order valence-corrected chi connectivity index (χ1v) is 11.3. The first kappa shape index (κ1) is 18.3. The third-order valence-electron chi connectivity index (χ3n) is 5.40. The van der Waals surface area contributed by atoms with Crippen molar-refractivity contribution in [1.82, 2.24) is 9.97 Å². The molecule has 4 aromatic rings. The predicted molar refractivity (Wildman–Crippen MR) is 120 cm³/mol. The van der Waals surface area contributed by atoms with Crippen molar-refractivity contribution in [3.05, 3.63) is 69.2 Å². The Hall–Kier alpha value is -2.77. The number of aryl methyl sites for hydroxylation is 2. The molecule has 5 rings (SSSR count). The van der Waals surface area contributed by atoms with Gasteiger partial charge in [0.25, 0.3) is 5.91 Å². The van der Waals surface area contributed by atoms with Crippen LogP contribution in [0.15, 0.2) is 41.8 Å². The molecule has 0 aliphatic heterocycles. The van der Waals surface area contributed by atoms with Crippen molar-refractivity contribution in [2.75, 3.05) is 11.1 Å². The number of thiophene rings is 1. The van der Waals surface area contributed by atoms with Gasteiger partial charge in [-0.05, 0) is 49.3 Å². The number of nitrogens with one attached hydrogen (secondary N) is 1. The van der Waals surface area contributed by atoms with Crippen LogP contribution in [0.25, 0.3) is 10.2 Å². The number of aromatic nitrogens is 2. The van der Waals surface area contributed by atoms with E-state index in [-0.39, 0.29) is 5.91 Å². The fourth-order valence-corrected chi connectivity index (χ4v) is 5.61. The fourth-order valence-electron chi connectivity index (χ4n) is 3.93. The van der Waals surface area contributed by atoms with Crippen LogP contribution in [-0.4, -0.2) is 15.9 Å². The zero-order chi connectivity index (χ0) is 20.0. The van der Waals surface area contributed by atoms with Gasteiger partial charge >= 0.3 is 0 Å². The van der Waals surface area contributed by atoms with Crippen molar-refractivity contribution in [1.29, 1.82) is 0 Å². The molecule has 1 amide bonds. The first-order chi connectivity index (χ1) is 14.1. The third kappa shape index (κ3) is 3.41. The number of fused-ring (bicyclic) bond motifs is 2. The zero-order valence-electron chi connectivity index (χ0n) is 15.9. The van der Waals surface area contributed by atoms with Gasteiger partial charge in [-0.3, -0.25) is 10.1 Å². The molecule has 146 valence electrons. The second kappa shape index (κ2) is 7.24. The summed E-state index contributed by atoms with van der Waals surface area (Å²) in [4.78, 5) is 23.2. The Morgan fingerprint density at radius 2 is 2.07 bits per heavy atom. The van der Waals surface area contributed by atoms with Crippen molar-refractivity contribution in [2.24, 2.45) is 0 Å². The second-order valence-corrected chi connectivity index (χ2v) is 9.25. The molecule has 0 saturated heterocycles. The van der Waals surface area contributed by atoms with Gasteiger partial charge in [-0.2, -0.15) is 0 Å². The lowest BCUT2D eigenvalue weighted by molar-refractivity contribution is 0.103. The summed E-state index contributed by atoms with van der Waals surface area (Å²) in [6, 6.07) is 12.8. The molecule has 1 aliphatic carbocycles. The molecule has 0 bridgehead atoms. The van der Waals surface area contributed by atoms with Crippen LogP contribution in [0, 0.1) is 6.92 Å².